The molecule has 0 aliphatic carbocycles. The highest BCUT2D eigenvalue weighted by Crippen LogP contribution is 2.17. The van der Waals surface area contributed by atoms with Crippen LogP contribution in [0.5, 0.6) is 0 Å². The molecule has 3 heterocycles. The molecule has 2 aromatic rings. The van der Waals surface area contributed by atoms with Gasteiger partial charge < -0.3 is 10.1 Å². The van der Waals surface area contributed by atoms with Gasteiger partial charge in [0, 0.05) is 24.8 Å². The molecular formula is C15H22N6O. The van der Waals surface area contributed by atoms with Crippen LogP contribution < -0.4 is 5.32 Å². The van der Waals surface area contributed by atoms with Crippen LogP contribution >= 0.6 is 0 Å². The van der Waals surface area contributed by atoms with Gasteiger partial charge in [0.2, 0.25) is 0 Å². The van der Waals surface area contributed by atoms with E-state index in [-0.39, 0.29) is 0 Å². The molecule has 0 unspecified atom stereocenters. The molecule has 0 aromatic carbocycles. The van der Waals surface area contributed by atoms with E-state index < -0.39 is 0 Å². The zero-order valence-corrected chi connectivity index (χ0v) is 13.1. The average Bonchev–Trinajstić information content (AvgIpc) is 3.23. The molecule has 0 bridgehead atoms. The maximum atomic E-state index is 5.38. The topological polar surface area (TPSA) is 77.8 Å². The largest absolute Gasteiger partial charge is 0.379 e. The molecule has 0 amide bonds. The van der Waals surface area contributed by atoms with E-state index >= 15 is 0 Å². The fourth-order valence-corrected chi connectivity index (χ4v) is 2.47. The first-order valence-corrected chi connectivity index (χ1v) is 7.87. The monoisotopic (exact) mass is 302 g/mol. The van der Waals surface area contributed by atoms with Gasteiger partial charge in [-0.2, -0.15) is 0 Å². The molecule has 1 aliphatic heterocycles. The summed E-state index contributed by atoms with van der Waals surface area (Å²) in [6.07, 6.45) is 4.72. The van der Waals surface area contributed by atoms with Crippen molar-refractivity contribution in [2.45, 2.75) is 45.7 Å². The van der Waals surface area contributed by atoms with Crippen LogP contribution in [0, 0.1) is 0 Å². The van der Waals surface area contributed by atoms with Gasteiger partial charge >= 0.3 is 0 Å². The Morgan fingerprint density at radius 1 is 1.27 bits per heavy atom. The summed E-state index contributed by atoms with van der Waals surface area (Å²) in [5.74, 6) is 1.72. The van der Waals surface area contributed by atoms with Crippen LogP contribution in [-0.4, -0.2) is 38.2 Å². The molecule has 118 valence electrons. The summed E-state index contributed by atoms with van der Waals surface area (Å²) in [6.45, 7) is 6.30. The summed E-state index contributed by atoms with van der Waals surface area (Å²) in [6, 6.07) is 2.31. The van der Waals surface area contributed by atoms with Crippen molar-refractivity contribution in [3.05, 3.63) is 29.5 Å². The lowest BCUT2D eigenvalue weighted by atomic mass is 10.3. The molecule has 22 heavy (non-hydrogen) atoms. The van der Waals surface area contributed by atoms with Crippen LogP contribution in [0.15, 0.2) is 12.3 Å². The molecule has 3 rings (SSSR count). The van der Waals surface area contributed by atoms with Crippen molar-refractivity contribution in [2.75, 3.05) is 18.5 Å². The minimum absolute atomic E-state index is 0.318. The number of hydrogen-bond acceptors (Lipinski definition) is 6. The second-order valence-corrected chi connectivity index (χ2v) is 5.43. The van der Waals surface area contributed by atoms with Crippen LogP contribution in [0.3, 0.4) is 0 Å². The normalized spacial score (nSPS) is 17.8. The van der Waals surface area contributed by atoms with Gasteiger partial charge in [-0.25, -0.2) is 14.6 Å². The summed E-state index contributed by atoms with van der Waals surface area (Å²) in [4.78, 5) is 8.99. The van der Waals surface area contributed by atoms with Crippen molar-refractivity contribution >= 4 is 5.82 Å². The molecule has 0 saturated carbocycles. The molecule has 2 aromatic heterocycles. The Hall–Kier alpha value is -2.02. The molecule has 0 radical (unpaired) electrons. The number of rotatable bonds is 6. The Kier molecular flexibility index (Phi) is 4.62. The lowest BCUT2D eigenvalue weighted by molar-refractivity contribution is 0.184. The average molecular weight is 302 g/mol. The number of hydrogen-bond donors (Lipinski definition) is 1. The molecule has 0 spiro atoms. The number of aryl methyl sites for hydroxylation is 2. The van der Waals surface area contributed by atoms with E-state index in [1.807, 2.05) is 16.9 Å². The highest BCUT2D eigenvalue weighted by molar-refractivity contribution is 5.36. The third-order valence-electron chi connectivity index (χ3n) is 3.79. The Bertz CT molecular complexity index is 598. The van der Waals surface area contributed by atoms with E-state index in [2.05, 4.69) is 39.4 Å². The van der Waals surface area contributed by atoms with Gasteiger partial charge in [-0.15, -0.1) is 5.10 Å². The van der Waals surface area contributed by atoms with E-state index in [9.17, 15) is 0 Å². The Labute approximate surface area is 130 Å². The number of nitrogens with one attached hydrogen (secondary N) is 1. The highest BCUT2D eigenvalue weighted by Gasteiger charge is 2.18. The van der Waals surface area contributed by atoms with E-state index in [1.54, 1.807) is 0 Å². The summed E-state index contributed by atoms with van der Waals surface area (Å²) in [5, 5.41) is 11.7. The maximum absolute atomic E-state index is 5.38. The number of anilines is 1. The zero-order valence-electron chi connectivity index (χ0n) is 13.1. The maximum Gasteiger partial charge on any atom is 0.130 e. The van der Waals surface area contributed by atoms with Gasteiger partial charge in [0.25, 0.3) is 0 Å². The minimum Gasteiger partial charge on any atom is -0.379 e. The molecule has 7 heteroatoms. The van der Waals surface area contributed by atoms with Crippen LogP contribution in [-0.2, 0) is 24.1 Å². The SMILES string of the molecule is CCc1cc(NCc2cn([C@H]3CCOC3)nn2)nc(CC)n1. The quantitative estimate of drug-likeness (QED) is 0.876. The van der Waals surface area contributed by atoms with E-state index in [0.29, 0.717) is 12.6 Å². The number of nitrogens with zero attached hydrogens (tertiary/aromatic N) is 5. The van der Waals surface area contributed by atoms with Crippen molar-refractivity contribution < 1.29 is 4.74 Å². The van der Waals surface area contributed by atoms with Gasteiger partial charge in [0.1, 0.15) is 17.3 Å². The van der Waals surface area contributed by atoms with Gasteiger partial charge in [-0.1, -0.05) is 19.1 Å². The molecule has 1 N–H and O–H groups in total. The van der Waals surface area contributed by atoms with Gasteiger partial charge in [0.05, 0.1) is 25.4 Å². The standard InChI is InChI=1S/C15H22N6O/c1-3-11-7-15(18-14(4-2)17-11)16-8-12-9-21(20-19-12)13-5-6-22-10-13/h7,9,13H,3-6,8,10H2,1-2H3,(H,16,17,18)/t13-/m0/s1. The van der Waals surface area contributed by atoms with Crippen LogP contribution in [0.1, 0.15) is 43.5 Å². The van der Waals surface area contributed by atoms with Crippen molar-refractivity contribution in [3.8, 4) is 0 Å². The lowest BCUT2D eigenvalue weighted by Gasteiger charge is -2.07. The van der Waals surface area contributed by atoms with Crippen molar-refractivity contribution in [1.82, 2.24) is 25.0 Å². The fraction of sp³-hybridized carbons (Fsp3) is 0.600. The van der Waals surface area contributed by atoms with Crippen molar-refractivity contribution in [1.29, 1.82) is 0 Å². The predicted octanol–water partition coefficient (Wildman–Crippen LogP) is 1.77. The summed E-state index contributed by atoms with van der Waals surface area (Å²) in [5.41, 5.74) is 1.96. The van der Waals surface area contributed by atoms with Crippen molar-refractivity contribution in [2.24, 2.45) is 0 Å². The molecule has 7 nitrogen and oxygen atoms in total. The Morgan fingerprint density at radius 3 is 2.91 bits per heavy atom. The van der Waals surface area contributed by atoms with Gasteiger partial charge in [-0.3, -0.25) is 0 Å². The minimum atomic E-state index is 0.318. The zero-order chi connectivity index (χ0) is 15.4. The first-order valence-electron chi connectivity index (χ1n) is 7.87. The van der Waals surface area contributed by atoms with Gasteiger partial charge in [-0.05, 0) is 12.8 Å². The van der Waals surface area contributed by atoms with Crippen LogP contribution in [0.4, 0.5) is 5.82 Å². The predicted molar refractivity (Wildman–Crippen MR) is 82.6 cm³/mol. The second-order valence-electron chi connectivity index (χ2n) is 5.43. The fourth-order valence-electron chi connectivity index (χ4n) is 2.47. The number of ether oxygens (including phenoxy) is 1. The van der Waals surface area contributed by atoms with Gasteiger partial charge in [0.15, 0.2) is 0 Å². The molecule has 1 atom stereocenters. The first kappa shape index (κ1) is 14.9. The smallest absolute Gasteiger partial charge is 0.130 e. The third kappa shape index (κ3) is 3.41. The molecule has 1 saturated heterocycles. The Morgan fingerprint density at radius 2 is 2.18 bits per heavy atom. The van der Waals surface area contributed by atoms with Crippen LogP contribution in [0.25, 0.3) is 0 Å². The van der Waals surface area contributed by atoms with E-state index in [4.69, 9.17) is 4.74 Å². The molecular weight excluding hydrogens is 280 g/mol. The summed E-state index contributed by atoms with van der Waals surface area (Å²) in [7, 11) is 0. The summed E-state index contributed by atoms with van der Waals surface area (Å²) >= 11 is 0. The number of aromatic nitrogens is 5. The second kappa shape index (κ2) is 6.83. The van der Waals surface area contributed by atoms with Crippen LogP contribution in [0.2, 0.25) is 0 Å². The van der Waals surface area contributed by atoms with E-state index in [0.717, 1.165) is 55.5 Å². The first-order chi connectivity index (χ1) is 10.8. The van der Waals surface area contributed by atoms with Crippen molar-refractivity contribution in [3.63, 3.8) is 0 Å². The molecule has 1 fully saturated rings. The van der Waals surface area contributed by atoms with E-state index in [1.165, 1.54) is 0 Å². The molecule has 1 aliphatic rings. The third-order valence-corrected chi connectivity index (χ3v) is 3.79. The summed E-state index contributed by atoms with van der Waals surface area (Å²) < 4.78 is 7.28. The Balaban J connectivity index is 1.64. The highest BCUT2D eigenvalue weighted by atomic mass is 16.5. The lowest BCUT2D eigenvalue weighted by Crippen LogP contribution is -2.09.